The molecule has 0 aromatic carbocycles. The van der Waals surface area contributed by atoms with Crippen LogP contribution in [0.4, 0.5) is 5.82 Å². The van der Waals surface area contributed by atoms with Gasteiger partial charge in [-0.3, -0.25) is 9.59 Å². The smallest absolute Gasteiger partial charge is 0.305 e. The van der Waals surface area contributed by atoms with E-state index < -0.39 is 11.5 Å². The molecule has 0 radical (unpaired) electrons. The van der Waals surface area contributed by atoms with Gasteiger partial charge in [-0.2, -0.15) is 0 Å². The van der Waals surface area contributed by atoms with E-state index in [4.69, 9.17) is 5.11 Å². The molecule has 108 valence electrons. The Labute approximate surface area is 116 Å². The van der Waals surface area contributed by atoms with Crippen molar-refractivity contribution in [3.8, 4) is 0 Å². The minimum absolute atomic E-state index is 0.0614. The van der Waals surface area contributed by atoms with Crippen LogP contribution in [0.3, 0.4) is 0 Å². The van der Waals surface area contributed by atoms with Gasteiger partial charge in [0.05, 0.1) is 6.42 Å². The summed E-state index contributed by atoms with van der Waals surface area (Å²) >= 11 is 0. The number of carbonyl (C=O) groups is 2. The van der Waals surface area contributed by atoms with Crippen LogP contribution in [0, 0.1) is 0 Å². The van der Waals surface area contributed by atoms with Crippen molar-refractivity contribution in [2.45, 2.75) is 37.6 Å². The van der Waals surface area contributed by atoms with Gasteiger partial charge in [0, 0.05) is 12.6 Å². The van der Waals surface area contributed by atoms with Crippen molar-refractivity contribution in [1.29, 1.82) is 0 Å². The summed E-state index contributed by atoms with van der Waals surface area (Å²) in [5.41, 5.74) is -0.216. The topological polar surface area (TPSA) is 104 Å². The summed E-state index contributed by atoms with van der Waals surface area (Å²) in [6.45, 7) is 0. The Morgan fingerprint density at radius 1 is 1.30 bits per heavy atom. The predicted molar refractivity (Wildman–Crippen MR) is 72.5 cm³/mol. The molecule has 0 bridgehead atoms. The normalized spacial score (nSPS) is 16.6. The zero-order chi connectivity index (χ0) is 14.6. The predicted octanol–water partition coefficient (Wildman–Crippen LogP) is 1.04. The highest BCUT2D eigenvalue weighted by atomic mass is 16.4. The third kappa shape index (κ3) is 3.23. The molecule has 0 spiro atoms. The van der Waals surface area contributed by atoms with Gasteiger partial charge in [0.2, 0.25) is 0 Å². The van der Waals surface area contributed by atoms with E-state index in [2.05, 4.69) is 20.8 Å². The van der Waals surface area contributed by atoms with E-state index in [-0.39, 0.29) is 18.0 Å². The lowest BCUT2D eigenvalue weighted by Crippen LogP contribution is -2.38. The fourth-order valence-corrected chi connectivity index (χ4v) is 2.61. The summed E-state index contributed by atoms with van der Waals surface area (Å²) in [6, 6.07) is 3.22. The number of carboxylic acid groups (broad SMARTS) is 1. The maximum atomic E-state index is 11.4. The highest BCUT2D eigenvalue weighted by Crippen LogP contribution is 2.35. The molecule has 1 heterocycles. The number of amides is 1. The largest absolute Gasteiger partial charge is 0.481 e. The van der Waals surface area contributed by atoms with Crippen LogP contribution in [0.5, 0.6) is 0 Å². The Morgan fingerprint density at radius 2 is 2.00 bits per heavy atom. The molecule has 1 aliphatic rings. The zero-order valence-corrected chi connectivity index (χ0v) is 11.3. The van der Waals surface area contributed by atoms with E-state index in [1.165, 1.54) is 7.05 Å². The molecule has 0 atom stereocenters. The number of nitrogens with zero attached hydrogens (tertiary/aromatic N) is 2. The maximum Gasteiger partial charge on any atom is 0.305 e. The van der Waals surface area contributed by atoms with Crippen LogP contribution in [0.2, 0.25) is 0 Å². The average molecular weight is 278 g/mol. The molecule has 1 amide bonds. The van der Waals surface area contributed by atoms with Crippen LogP contribution >= 0.6 is 0 Å². The molecule has 7 nitrogen and oxygen atoms in total. The van der Waals surface area contributed by atoms with Gasteiger partial charge in [-0.1, -0.05) is 12.8 Å². The van der Waals surface area contributed by atoms with Crippen LogP contribution in [-0.2, 0) is 4.79 Å². The minimum Gasteiger partial charge on any atom is -0.481 e. The summed E-state index contributed by atoms with van der Waals surface area (Å²) < 4.78 is 0. The van der Waals surface area contributed by atoms with Crippen LogP contribution in [0.15, 0.2) is 12.1 Å². The fourth-order valence-electron chi connectivity index (χ4n) is 2.61. The highest BCUT2D eigenvalue weighted by Gasteiger charge is 2.36. The Morgan fingerprint density at radius 3 is 2.50 bits per heavy atom. The summed E-state index contributed by atoms with van der Waals surface area (Å²) in [7, 11) is 1.52. The number of aliphatic carboxylic acids is 1. The second-order valence-corrected chi connectivity index (χ2v) is 5.07. The Hall–Kier alpha value is -2.18. The van der Waals surface area contributed by atoms with Crippen LogP contribution in [0.25, 0.3) is 0 Å². The fraction of sp³-hybridized carbons (Fsp3) is 0.538. The number of rotatable bonds is 5. The van der Waals surface area contributed by atoms with Crippen LogP contribution in [-0.4, -0.2) is 39.8 Å². The maximum absolute atomic E-state index is 11.4. The van der Waals surface area contributed by atoms with Gasteiger partial charge in [0.25, 0.3) is 5.91 Å². The van der Waals surface area contributed by atoms with Gasteiger partial charge in [0.15, 0.2) is 5.69 Å². The lowest BCUT2D eigenvalue weighted by Gasteiger charge is -2.29. The number of carbonyl (C=O) groups excluding carboxylic acids is 1. The standard InChI is InChI=1S/C13H18N4O3/c1-14-12(20)9-4-5-10(17-16-9)15-13(8-11(18)19)6-2-3-7-13/h4-5H,2-3,6-8H2,1H3,(H,14,20)(H,15,17)(H,18,19). The van der Waals surface area contributed by atoms with E-state index in [1.807, 2.05) is 0 Å². The van der Waals surface area contributed by atoms with E-state index in [1.54, 1.807) is 12.1 Å². The lowest BCUT2D eigenvalue weighted by molar-refractivity contribution is -0.138. The molecular weight excluding hydrogens is 260 g/mol. The van der Waals surface area contributed by atoms with Crippen LogP contribution in [0.1, 0.15) is 42.6 Å². The van der Waals surface area contributed by atoms with Crippen molar-refractivity contribution >= 4 is 17.7 Å². The Balaban J connectivity index is 2.11. The molecule has 3 N–H and O–H groups in total. The van der Waals surface area contributed by atoms with Gasteiger partial charge in [0.1, 0.15) is 5.82 Å². The van der Waals surface area contributed by atoms with Gasteiger partial charge in [-0.05, 0) is 25.0 Å². The summed E-state index contributed by atoms with van der Waals surface area (Å²) in [5.74, 6) is -0.625. The number of carboxylic acids is 1. The van der Waals surface area contributed by atoms with Crippen molar-refractivity contribution in [2.75, 3.05) is 12.4 Å². The van der Waals surface area contributed by atoms with Crippen molar-refractivity contribution in [3.05, 3.63) is 17.8 Å². The Bertz CT molecular complexity index is 495. The van der Waals surface area contributed by atoms with Crippen molar-refractivity contribution in [2.24, 2.45) is 0 Å². The average Bonchev–Trinajstić information content (AvgIpc) is 2.86. The summed E-state index contributed by atoms with van der Waals surface area (Å²) in [4.78, 5) is 22.4. The molecule has 0 unspecified atom stereocenters. The third-order valence-corrected chi connectivity index (χ3v) is 3.57. The number of anilines is 1. The Kier molecular flexibility index (Phi) is 4.16. The summed E-state index contributed by atoms with van der Waals surface area (Å²) in [6.07, 6.45) is 3.68. The summed E-state index contributed by atoms with van der Waals surface area (Å²) in [5, 5.41) is 22.5. The van der Waals surface area contributed by atoms with Crippen LogP contribution < -0.4 is 10.6 Å². The lowest BCUT2D eigenvalue weighted by atomic mass is 9.93. The number of hydrogen-bond acceptors (Lipinski definition) is 5. The number of nitrogens with one attached hydrogen (secondary N) is 2. The van der Waals surface area contributed by atoms with Crippen molar-refractivity contribution < 1.29 is 14.7 Å². The molecule has 0 saturated heterocycles. The highest BCUT2D eigenvalue weighted by molar-refractivity contribution is 5.91. The number of hydrogen-bond donors (Lipinski definition) is 3. The first-order valence-corrected chi connectivity index (χ1v) is 6.60. The molecule has 20 heavy (non-hydrogen) atoms. The van der Waals surface area contributed by atoms with Gasteiger partial charge in [-0.25, -0.2) is 0 Å². The van der Waals surface area contributed by atoms with E-state index in [0.717, 1.165) is 25.7 Å². The van der Waals surface area contributed by atoms with E-state index in [0.29, 0.717) is 5.82 Å². The zero-order valence-electron chi connectivity index (χ0n) is 11.3. The van der Waals surface area contributed by atoms with Gasteiger partial charge < -0.3 is 15.7 Å². The first kappa shape index (κ1) is 14.2. The quantitative estimate of drug-likeness (QED) is 0.743. The molecule has 1 saturated carbocycles. The molecule has 1 fully saturated rings. The first-order chi connectivity index (χ1) is 9.54. The van der Waals surface area contributed by atoms with Gasteiger partial charge >= 0.3 is 5.97 Å². The molecule has 7 heteroatoms. The SMILES string of the molecule is CNC(=O)c1ccc(NC2(CC(=O)O)CCCC2)nn1. The third-order valence-electron chi connectivity index (χ3n) is 3.57. The van der Waals surface area contributed by atoms with Gasteiger partial charge in [-0.15, -0.1) is 10.2 Å². The molecule has 1 aliphatic carbocycles. The second kappa shape index (κ2) is 5.85. The molecule has 1 aromatic rings. The minimum atomic E-state index is -0.825. The molecule has 0 aliphatic heterocycles. The molecule has 2 rings (SSSR count). The van der Waals surface area contributed by atoms with Crippen molar-refractivity contribution in [1.82, 2.24) is 15.5 Å². The molecular formula is C13H18N4O3. The van der Waals surface area contributed by atoms with E-state index in [9.17, 15) is 9.59 Å². The van der Waals surface area contributed by atoms with Crippen molar-refractivity contribution in [3.63, 3.8) is 0 Å². The number of aromatic nitrogens is 2. The second-order valence-electron chi connectivity index (χ2n) is 5.07. The monoisotopic (exact) mass is 278 g/mol. The first-order valence-electron chi connectivity index (χ1n) is 6.60. The van der Waals surface area contributed by atoms with E-state index >= 15 is 0 Å². The molecule has 1 aromatic heterocycles.